The van der Waals surface area contributed by atoms with Gasteiger partial charge in [-0.25, -0.2) is 0 Å². The molecule has 0 unspecified atom stereocenters. The molecule has 7 heteroatoms. The van der Waals surface area contributed by atoms with Crippen LogP contribution in [0.1, 0.15) is 35.2 Å². The predicted octanol–water partition coefficient (Wildman–Crippen LogP) is 4.71. The Hall–Kier alpha value is -4.39. The zero-order chi connectivity index (χ0) is 26.4. The van der Waals surface area contributed by atoms with Crippen LogP contribution < -0.4 is 20.8 Å². The Morgan fingerprint density at radius 1 is 0.892 bits per heavy atom. The van der Waals surface area contributed by atoms with Crippen LogP contribution in [-0.4, -0.2) is 23.5 Å². The molecule has 2 N–H and O–H groups in total. The summed E-state index contributed by atoms with van der Waals surface area (Å²) in [7, 11) is 1.58. The van der Waals surface area contributed by atoms with Gasteiger partial charge in [0.05, 0.1) is 12.6 Å². The number of para-hydroxylation sites is 1. The number of pyridine rings is 1. The van der Waals surface area contributed by atoms with Crippen molar-refractivity contribution in [2.75, 3.05) is 12.4 Å². The molecule has 7 nitrogen and oxygen atoms in total. The van der Waals surface area contributed by atoms with Crippen LogP contribution in [0.5, 0.6) is 5.75 Å². The Balaban J connectivity index is 1.39. The van der Waals surface area contributed by atoms with Crippen molar-refractivity contribution in [2.45, 2.75) is 39.8 Å². The summed E-state index contributed by atoms with van der Waals surface area (Å²) in [5.41, 5.74) is 5.30. The van der Waals surface area contributed by atoms with E-state index in [1.807, 2.05) is 44.2 Å². The molecule has 190 valence electrons. The summed E-state index contributed by atoms with van der Waals surface area (Å²) in [5.74, 6) is 0.179. The molecule has 4 aromatic rings. The van der Waals surface area contributed by atoms with E-state index in [1.165, 1.54) is 5.56 Å². The number of aryl methyl sites for hydroxylation is 2. The minimum absolute atomic E-state index is 0.0291. The summed E-state index contributed by atoms with van der Waals surface area (Å²) in [5, 5.41) is 6.16. The molecule has 0 aliphatic carbocycles. The fourth-order valence-electron chi connectivity index (χ4n) is 4.25. The highest BCUT2D eigenvalue weighted by Crippen LogP contribution is 2.20. The second-order valence-electron chi connectivity index (χ2n) is 9.09. The Kier molecular flexibility index (Phi) is 8.03. The van der Waals surface area contributed by atoms with Crippen molar-refractivity contribution in [1.29, 1.82) is 0 Å². The Morgan fingerprint density at radius 2 is 1.62 bits per heavy atom. The van der Waals surface area contributed by atoms with Gasteiger partial charge in [-0.05, 0) is 43.7 Å². The first kappa shape index (κ1) is 25.7. The third-order valence-corrected chi connectivity index (χ3v) is 6.31. The van der Waals surface area contributed by atoms with Crippen LogP contribution in [-0.2, 0) is 22.7 Å². The van der Waals surface area contributed by atoms with Crippen LogP contribution in [0.4, 0.5) is 5.69 Å². The number of methoxy groups -OCH3 is 1. The SMILES string of the molecule is COc1ccccc1CNC(=O)CCC(=O)Nc1ccc2c(c1)c(=O)cc(C)n2Cc1ccc(C)cc1. The van der Waals surface area contributed by atoms with Gasteiger partial charge in [0.15, 0.2) is 5.43 Å². The van der Waals surface area contributed by atoms with E-state index in [0.717, 1.165) is 22.3 Å². The summed E-state index contributed by atoms with van der Waals surface area (Å²) in [6.07, 6.45) is 0.0818. The van der Waals surface area contributed by atoms with Crippen molar-refractivity contribution >= 4 is 28.4 Å². The van der Waals surface area contributed by atoms with E-state index < -0.39 is 0 Å². The molecule has 0 saturated heterocycles. The second-order valence-corrected chi connectivity index (χ2v) is 9.09. The van der Waals surface area contributed by atoms with Crippen molar-refractivity contribution in [3.05, 3.63) is 105 Å². The minimum atomic E-state index is -0.293. The lowest BCUT2D eigenvalue weighted by Crippen LogP contribution is -2.24. The first-order chi connectivity index (χ1) is 17.8. The summed E-state index contributed by atoms with van der Waals surface area (Å²) in [6, 6.07) is 22.7. The average Bonchev–Trinajstić information content (AvgIpc) is 2.90. The van der Waals surface area contributed by atoms with Gasteiger partial charge in [0, 0.05) is 54.3 Å². The molecule has 3 aromatic carbocycles. The van der Waals surface area contributed by atoms with Gasteiger partial charge in [-0.1, -0.05) is 48.0 Å². The molecule has 0 spiro atoms. The van der Waals surface area contributed by atoms with Gasteiger partial charge < -0.3 is 19.9 Å². The fraction of sp³-hybridized carbons (Fsp3) is 0.233. The summed E-state index contributed by atoms with van der Waals surface area (Å²) in [6.45, 7) is 4.93. The zero-order valence-electron chi connectivity index (χ0n) is 21.3. The first-order valence-corrected chi connectivity index (χ1v) is 12.2. The Bertz CT molecular complexity index is 1490. The maximum absolute atomic E-state index is 12.7. The van der Waals surface area contributed by atoms with Gasteiger partial charge in [0.2, 0.25) is 11.8 Å². The van der Waals surface area contributed by atoms with Gasteiger partial charge in [0.1, 0.15) is 5.75 Å². The van der Waals surface area contributed by atoms with Gasteiger partial charge in [-0.2, -0.15) is 0 Å². The number of hydrogen-bond acceptors (Lipinski definition) is 4. The van der Waals surface area contributed by atoms with Crippen LogP contribution in [0.15, 0.2) is 77.6 Å². The molecular weight excluding hydrogens is 466 g/mol. The van der Waals surface area contributed by atoms with E-state index >= 15 is 0 Å². The van der Waals surface area contributed by atoms with Crippen molar-refractivity contribution in [3.63, 3.8) is 0 Å². The van der Waals surface area contributed by atoms with Crippen LogP contribution in [0.25, 0.3) is 10.9 Å². The highest BCUT2D eigenvalue weighted by atomic mass is 16.5. The summed E-state index contributed by atoms with van der Waals surface area (Å²) >= 11 is 0. The van der Waals surface area contributed by atoms with E-state index in [1.54, 1.807) is 25.3 Å². The topological polar surface area (TPSA) is 89.4 Å². The van der Waals surface area contributed by atoms with Gasteiger partial charge >= 0.3 is 0 Å². The smallest absolute Gasteiger partial charge is 0.224 e. The average molecular weight is 498 g/mol. The highest BCUT2D eigenvalue weighted by molar-refractivity contribution is 5.95. The lowest BCUT2D eigenvalue weighted by Gasteiger charge is -2.16. The maximum atomic E-state index is 12.7. The summed E-state index contributed by atoms with van der Waals surface area (Å²) < 4.78 is 7.39. The number of nitrogens with one attached hydrogen (secondary N) is 2. The zero-order valence-corrected chi connectivity index (χ0v) is 21.3. The maximum Gasteiger partial charge on any atom is 0.224 e. The number of carbonyl (C=O) groups is 2. The van der Waals surface area contributed by atoms with Crippen molar-refractivity contribution in [3.8, 4) is 5.75 Å². The van der Waals surface area contributed by atoms with Crippen LogP contribution >= 0.6 is 0 Å². The molecule has 1 heterocycles. The number of fused-ring (bicyclic) bond motifs is 1. The number of nitrogens with zero attached hydrogens (tertiary/aromatic N) is 1. The molecule has 0 aliphatic heterocycles. The van der Waals surface area contributed by atoms with Gasteiger partial charge in [-0.3, -0.25) is 14.4 Å². The van der Waals surface area contributed by atoms with Crippen LogP contribution in [0, 0.1) is 13.8 Å². The summed E-state index contributed by atoms with van der Waals surface area (Å²) in [4.78, 5) is 37.5. The Morgan fingerprint density at radius 3 is 2.38 bits per heavy atom. The van der Waals surface area contributed by atoms with E-state index in [-0.39, 0.29) is 30.1 Å². The van der Waals surface area contributed by atoms with Crippen LogP contribution in [0.3, 0.4) is 0 Å². The van der Waals surface area contributed by atoms with Crippen molar-refractivity contribution in [2.24, 2.45) is 0 Å². The number of benzene rings is 3. The molecule has 1 aromatic heterocycles. The monoisotopic (exact) mass is 497 g/mol. The lowest BCUT2D eigenvalue weighted by atomic mass is 10.1. The fourth-order valence-corrected chi connectivity index (χ4v) is 4.25. The molecule has 2 amide bonds. The van der Waals surface area contributed by atoms with Crippen molar-refractivity contribution < 1.29 is 14.3 Å². The van der Waals surface area contributed by atoms with Gasteiger partial charge in [0.25, 0.3) is 0 Å². The number of carbonyl (C=O) groups excluding carboxylic acids is 2. The van der Waals surface area contributed by atoms with Crippen LogP contribution in [0.2, 0.25) is 0 Å². The standard InChI is InChI=1S/C30H31N3O4/c1-20-8-10-22(11-9-20)19-33-21(2)16-27(34)25-17-24(12-13-26(25)33)32-30(36)15-14-29(35)31-18-23-6-4-5-7-28(23)37-3/h4-13,16-17H,14-15,18-19H2,1-3H3,(H,31,35)(H,32,36). The predicted molar refractivity (Wildman–Crippen MR) is 146 cm³/mol. The molecular formula is C30H31N3O4. The molecule has 37 heavy (non-hydrogen) atoms. The van der Waals surface area contributed by atoms with E-state index in [9.17, 15) is 14.4 Å². The lowest BCUT2D eigenvalue weighted by molar-refractivity contribution is -0.124. The molecule has 0 radical (unpaired) electrons. The number of ether oxygens (including phenoxy) is 1. The molecule has 0 aliphatic rings. The molecule has 4 rings (SSSR count). The van der Waals surface area contributed by atoms with Crippen molar-refractivity contribution in [1.82, 2.24) is 9.88 Å². The molecule has 0 saturated carbocycles. The molecule has 0 atom stereocenters. The molecule has 0 bridgehead atoms. The number of aromatic nitrogens is 1. The number of anilines is 1. The first-order valence-electron chi connectivity index (χ1n) is 12.2. The largest absolute Gasteiger partial charge is 0.496 e. The third kappa shape index (κ3) is 6.44. The second kappa shape index (κ2) is 11.6. The minimum Gasteiger partial charge on any atom is -0.496 e. The van der Waals surface area contributed by atoms with E-state index in [0.29, 0.717) is 29.9 Å². The normalized spacial score (nSPS) is 10.8. The number of amides is 2. The van der Waals surface area contributed by atoms with E-state index in [2.05, 4.69) is 39.5 Å². The molecule has 0 fully saturated rings. The van der Waals surface area contributed by atoms with Gasteiger partial charge in [-0.15, -0.1) is 0 Å². The number of rotatable bonds is 9. The quantitative estimate of drug-likeness (QED) is 0.351. The van der Waals surface area contributed by atoms with E-state index in [4.69, 9.17) is 4.74 Å². The third-order valence-electron chi connectivity index (χ3n) is 6.31. The Labute approximate surface area is 216 Å². The highest BCUT2D eigenvalue weighted by Gasteiger charge is 2.12. The number of hydrogen-bond donors (Lipinski definition) is 2.